The molecule has 1 aromatic rings. The Labute approximate surface area is 149 Å². The van der Waals surface area contributed by atoms with Crippen molar-refractivity contribution >= 4 is 29.9 Å². The zero-order valence-electron chi connectivity index (χ0n) is 13.4. The maximum absolute atomic E-state index is 12.8. The largest absolute Gasteiger partial charge is 0.385 e. The van der Waals surface area contributed by atoms with Gasteiger partial charge in [0.1, 0.15) is 5.82 Å². The van der Waals surface area contributed by atoms with Gasteiger partial charge in [-0.3, -0.25) is 0 Å². The molecule has 1 aromatic carbocycles. The van der Waals surface area contributed by atoms with Crippen LogP contribution in [-0.2, 0) is 11.3 Å². The van der Waals surface area contributed by atoms with Crippen LogP contribution in [0.1, 0.15) is 31.7 Å². The SMILES string of the molecule is CCNC(=NCc1ccc(F)cc1)NCCCCCOC.I. The second-order valence-electron chi connectivity index (χ2n) is 4.80. The minimum Gasteiger partial charge on any atom is -0.385 e. The number of aliphatic imine (C=N–C) groups is 1. The molecule has 0 aliphatic carbocycles. The number of nitrogens with zero attached hydrogens (tertiary/aromatic N) is 1. The van der Waals surface area contributed by atoms with E-state index in [1.807, 2.05) is 6.92 Å². The summed E-state index contributed by atoms with van der Waals surface area (Å²) in [5, 5.41) is 6.51. The van der Waals surface area contributed by atoms with E-state index in [-0.39, 0.29) is 29.8 Å². The molecule has 0 aromatic heterocycles. The number of methoxy groups -OCH3 is 1. The van der Waals surface area contributed by atoms with Gasteiger partial charge in [0.2, 0.25) is 0 Å². The molecule has 0 saturated heterocycles. The number of hydrogen-bond acceptors (Lipinski definition) is 2. The minimum absolute atomic E-state index is 0. The quantitative estimate of drug-likeness (QED) is 0.277. The molecule has 0 spiro atoms. The van der Waals surface area contributed by atoms with E-state index >= 15 is 0 Å². The van der Waals surface area contributed by atoms with Gasteiger partial charge in [0, 0.05) is 26.8 Å². The van der Waals surface area contributed by atoms with E-state index in [1.165, 1.54) is 12.1 Å². The molecule has 1 rings (SSSR count). The Morgan fingerprint density at radius 1 is 1.14 bits per heavy atom. The highest BCUT2D eigenvalue weighted by molar-refractivity contribution is 14.0. The van der Waals surface area contributed by atoms with Crippen molar-refractivity contribution in [3.05, 3.63) is 35.6 Å². The maximum atomic E-state index is 12.8. The Bertz CT molecular complexity index is 412. The van der Waals surface area contributed by atoms with E-state index in [1.54, 1.807) is 19.2 Å². The highest BCUT2D eigenvalue weighted by Gasteiger charge is 1.98. The molecule has 126 valence electrons. The third-order valence-corrected chi connectivity index (χ3v) is 2.99. The lowest BCUT2D eigenvalue weighted by Crippen LogP contribution is -2.37. The maximum Gasteiger partial charge on any atom is 0.191 e. The third kappa shape index (κ3) is 9.94. The second kappa shape index (κ2) is 13.8. The van der Waals surface area contributed by atoms with Crippen molar-refractivity contribution in [1.82, 2.24) is 10.6 Å². The molecule has 0 aliphatic heterocycles. The van der Waals surface area contributed by atoms with E-state index in [2.05, 4.69) is 15.6 Å². The molecular formula is C16H27FIN3O. The van der Waals surface area contributed by atoms with Gasteiger partial charge in [-0.15, -0.1) is 24.0 Å². The fraction of sp³-hybridized carbons (Fsp3) is 0.562. The van der Waals surface area contributed by atoms with Crippen LogP contribution in [0.3, 0.4) is 0 Å². The van der Waals surface area contributed by atoms with Gasteiger partial charge in [-0.2, -0.15) is 0 Å². The van der Waals surface area contributed by atoms with E-state index < -0.39 is 0 Å². The number of ether oxygens (including phenoxy) is 1. The van der Waals surface area contributed by atoms with Gasteiger partial charge in [-0.1, -0.05) is 12.1 Å². The number of halogens is 2. The number of rotatable bonds is 9. The smallest absolute Gasteiger partial charge is 0.191 e. The van der Waals surface area contributed by atoms with E-state index in [0.29, 0.717) is 6.54 Å². The fourth-order valence-corrected chi connectivity index (χ4v) is 1.86. The highest BCUT2D eigenvalue weighted by Crippen LogP contribution is 2.03. The molecule has 2 N–H and O–H groups in total. The monoisotopic (exact) mass is 423 g/mol. The van der Waals surface area contributed by atoms with Crippen molar-refractivity contribution in [3.8, 4) is 0 Å². The molecule has 22 heavy (non-hydrogen) atoms. The second-order valence-corrected chi connectivity index (χ2v) is 4.80. The molecule has 0 fully saturated rings. The van der Waals surface area contributed by atoms with E-state index in [4.69, 9.17) is 4.74 Å². The van der Waals surface area contributed by atoms with E-state index in [9.17, 15) is 4.39 Å². The first-order valence-corrected chi connectivity index (χ1v) is 7.51. The van der Waals surface area contributed by atoms with Crippen LogP contribution in [0.5, 0.6) is 0 Å². The lowest BCUT2D eigenvalue weighted by atomic mass is 10.2. The van der Waals surface area contributed by atoms with Crippen LogP contribution in [-0.4, -0.2) is 32.8 Å². The molecule has 0 saturated carbocycles. The molecule has 0 bridgehead atoms. The summed E-state index contributed by atoms with van der Waals surface area (Å²) >= 11 is 0. The third-order valence-electron chi connectivity index (χ3n) is 2.99. The standard InChI is InChI=1S/C16H26FN3O.HI/c1-3-18-16(19-11-5-4-6-12-21-2)20-13-14-7-9-15(17)10-8-14;/h7-10H,3-6,11-13H2,1-2H3,(H2,18,19,20);1H. The summed E-state index contributed by atoms with van der Waals surface area (Å²) in [5.74, 6) is 0.581. The van der Waals surface area contributed by atoms with Crippen LogP contribution in [0.15, 0.2) is 29.3 Å². The Morgan fingerprint density at radius 2 is 1.86 bits per heavy atom. The van der Waals surface area contributed by atoms with Crippen LogP contribution in [0.25, 0.3) is 0 Å². The summed E-state index contributed by atoms with van der Waals surface area (Å²) in [6.45, 7) is 5.10. The van der Waals surface area contributed by atoms with Crippen molar-refractivity contribution in [2.24, 2.45) is 4.99 Å². The number of hydrogen-bond donors (Lipinski definition) is 2. The Kier molecular flexibility index (Phi) is 13.2. The summed E-state index contributed by atoms with van der Waals surface area (Å²) in [6, 6.07) is 6.43. The van der Waals surface area contributed by atoms with Gasteiger partial charge in [-0.25, -0.2) is 9.38 Å². The van der Waals surface area contributed by atoms with E-state index in [0.717, 1.165) is 50.5 Å². The van der Waals surface area contributed by atoms with Gasteiger partial charge in [0.05, 0.1) is 6.54 Å². The molecule has 4 nitrogen and oxygen atoms in total. The van der Waals surface area contributed by atoms with Gasteiger partial charge < -0.3 is 15.4 Å². The van der Waals surface area contributed by atoms with Gasteiger partial charge >= 0.3 is 0 Å². The number of nitrogens with one attached hydrogen (secondary N) is 2. The minimum atomic E-state index is -0.219. The predicted octanol–water partition coefficient (Wildman–Crippen LogP) is 3.32. The average Bonchev–Trinajstić information content (AvgIpc) is 2.49. The lowest BCUT2D eigenvalue weighted by molar-refractivity contribution is 0.192. The molecule has 0 unspecified atom stereocenters. The van der Waals surface area contributed by atoms with Crippen molar-refractivity contribution in [3.63, 3.8) is 0 Å². The highest BCUT2D eigenvalue weighted by atomic mass is 127. The number of benzene rings is 1. The number of unbranched alkanes of at least 4 members (excludes halogenated alkanes) is 2. The van der Waals surface area contributed by atoms with Crippen LogP contribution >= 0.6 is 24.0 Å². The molecule has 0 heterocycles. The van der Waals surface area contributed by atoms with Crippen LogP contribution < -0.4 is 10.6 Å². The fourth-order valence-electron chi connectivity index (χ4n) is 1.86. The Morgan fingerprint density at radius 3 is 2.50 bits per heavy atom. The zero-order valence-corrected chi connectivity index (χ0v) is 15.7. The topological polar surface area (TPSA) is 45.7 Å². The van der Waals surface area contributed by atoms with Crippen LogP contribution in [0, 0.1) is 5.82 Å². The summed E-state index contributed by atoms with van der Waals surface area (Å²) in [7, 11) is 1.73. The van der Waals surface area contributed by atoms with Gasteiger partial charge in [-0.05, 0) is 43.9 Å². The van der Waals surface area contributed by atoms with Crippen molar-refractivity contribution < 1.29 is 9.13 Å². The Hall–Kier alpha value is -0.890. The predicted molar refractivity (Wildman–Crippen MR) is 100 cm³/mol. The zero-order chi connectivity index (χ0) is 15.3. The first-order valence-electron chi connectivity index (χ1n) is 7.51. The van der Waals surface area contributed by atoms with Crippen molar-refractivity contribution in [1.29, 1.82) is 0 Å². The molecule has 0 amide bonds. The van der Waals surface area contributed by atoms with Crippen LogP contribution in [0.2, 0.25) is 0 Å². The van der Waals surface area contributed by atoms with Gasteiger partial charge in [0.25, 0.3) is 0 Å². The summed E-state index contributed by atoms with van der Waals surface area (Å²) in [6.07, 6.45) is 3.31. The van der Waals surface area contributed by atoms with Gasteiger partial charge in [0.15, 0.2) is 5.96 Å². The van der Waals surface area contributed by atoms with Crippen molar-refractivity contribution in [2.45, 2.75) is 32.7 Å². The molecule has 6 heteroatoms. The molecule has 0 aliphatic rings. The summed E-state index contributed by atoms with van der Waals surface area (Å²) in [4.78, 5) is 4.49. The van der Waals surface area contributed by atoms with Crippen molar-refractivity contribution in [2.75, 3.05) is 26.8 Å². The summed E-state index contributed by atoms with van der Waals surface area (Å²) < 4.78 is 17.9. The lowest BCUT2D eigenvalue weighted by Gasteiger charge is -2.11. The number of guanidine groups is 1. The first-order chi connectivity index (χ1) is 10.3. The Balaban J connectivity index is 0.00000441. The average molecular weight is 423 g/mol. The molecular weight excluding hydrogens is 396 g/mol. The molecule has 0 radical (unpaired) electrons. The normalized spacial score (nSPS) is 11.0. The molecule has 0 atom stereocenters. The summed E-state index contributed by atoms with van der Waals surface area (Å²) in [5.41, 5.74) is 0.994. The first kappa shape index (κ1) is 21.1. The van der Waals surface area contributed by atoms with Crippen LogP contribution in [0.4, 0.5) is 4.39 Å².